The number of rotatable bonds is 7. The van der Waals surface area contributed by atoms with Gasteiger partial charge in [0.05, 0.1) is 11.3 Å². The van der Waals surface area contributed by atoms with E-state index in [2.05, 4.69) is 30.4 Å². The second kappa shape index (κ2) is 11.5. The van der Waals surface area contributed by atoms with E-state index in [0.29, 0.717) is 17.1 Å². The van der Waals surface area contributed by atoms with Gasteiger partial charge in [0.15, 0.2) is 0 Å². The van der Waals surface area contributed by atoms with Crippen LogP contribution >= 0.6 is 11.8 Å². The highest BCUT2D eigenvalue weighted by Gasteiger charge is 2.41. The Balaban J connectivity index is 1.70. The van der Waals surface area contributed by atoms with Crippen LogP contribution in [0, 0.1) is 25.2 Å². The van der Waals surface area contributed by atoms with Crippen molar-refractivity contribution in [2.45, 2.75) is 51.8 Å². The molecule has 6 heteroatoms. The molecule has 1 aliphatic rings. The number of benzene rings is 3. The standard InChI is InChI=1S/C31H31N3O2S/c1-5-23-12-14-24(15-13-23)18-28-30(36)34(26-16-11-20(2)21(3)17-26)31(37-28)27(19-32)29(35)33-22(4)25-9-7-6-8-10-25/h6-17,22,28H,5,18H2,1-4H3,(H,33,35)/b31-27-. The van der Waals surface area contributed by atoms with Gasteiger partial charge in [-0.2, -0.15) is 5.26 Å². The third kappa shape index (κ3) is 5.79. The highest BCUT2D eigenvalue weighted by atomic mass is 32.2. The molecule has 1 saturated heterocycles. The number of carbonyl (C=O) groups is 2. The first-order valence-electron chi connectivity index (χ1n) is 12.5. The van der Waals surface area contributed by atoms with Gasteiger partial charge in [0.25, 0.3) is 5.91 Å². The molecule has 3 aromatic rings. The van der Waals surface area contributed by atoms with Gasteiger partial charge >= 0.3 is 0 Å². The smallest absolute Gasteiger partial charge is 0.265 e. The van der Waals surface area contributed by atoms with E-state index in [1.807, 2.05) is 81.4 Å². The van der Waals surface area contributed by atoms with E-state index < -0.39 is 11.2 Å². The summed E-state index contributed by atoms with van der Waals surface area (Å²) in [5, 5.41) is 13.0. The lowest BCUT2D eigenvalue weighted by Crippen LogP contribution is -2.33. The zero-order valence-corrected chi connectivity index (χ0v) is 22.4. The fraction of sp³-hybridized carbons (Fsp3) is 0.258. The summed E-state index contributed by atoms with van der Waals surface area (Å²) >= 11 is 1.29. The maximum Gasteiger partial charge on any atom is 0.265 e. The van der Waals surface area contributed by atoms with Crippen LogP contribution in [0.25, 0.3) is 0 Å². The molecule has 5 nitrogen and oxygen atoms in total. The molecule has 0 aliphatic carbocycles. The van der Waals surface area contributed by atoms with E-state index in [9.17, 15) is 14.9 Å². The molecule has 0 radical (unpaired) electrons. The molecule has 2 amide bonds. The maximum absolute atomic E-state index is 13.8. The van der Waals surface area contributed by atoms with Gasteiger partial charge in [0, 0.05) is 5.69 Å². The minimum atomic E-state index is -0.490. The third-order valence-electron chi connectivity index (χ3n) is 6.75. The van der Waals surface area contributed by atoms with Crippen molar-refractivity contribution in [3.8, 4) is 6.07 Å². The average Bonchev–Trinajstić information content (AvgIpc) is 3.22. The monoisotopic (exact) mass is 509 g/mol. The Morgan fingerprint density at radius 1 is 1.03 bits per heavy atom. The fourth-order valence-electron chi connectivity index (χ4n) is 4.31. The Hall–Kier alpha value is -3.82. The Bertz CT molecular complexity index is 1370. The van der Waals surface area contributed by atoms with Crippen LogP contribution in [0.15, 0.2) is 83.4 Å². The summed E-state index contributed by atoms with van der Waals surface area (Å²) < 4.78 is 0. The zero-order valence-electron chi connectivity index (χ0n) is 21.6. The molecule has 0 bridgehead atoms. The molecule has 1 N–H and O–H groups in total. The highest BCUT2D eigenvalue weighted by Crippen LogP contribution is 2.42. The van der Waals surface area contributed by atoms with E-state index in [1.54, 1.807) is 4.90 Å². The summed E-state index contributed by atoms with van der Waals surface area (Å²) in [6.45, 7) is 7.99. The van der Waals surface area contributed by atoms with Gasteiger partial charge in [-0.1, -0.05) is 79.3 Å². The van der Waals surface area contributed by atoms with Crippen molar-refractivity contribution in [2.75, 3.05) is 4.90 Å². The van der Waals surface area contributed by atoms with Crippen LogP contribution in [-0.4, -0.2) is 17.1 Å². The lowest BCUT2D eigenvalue weighted by Gasteiger charge is -2.20. The van der Waals surface area contributed by atoms with Crippen molar-refractivity contribution >= 4 is 29.3 Å². The number of aryl methyl sites for hydroxylation is 3. The number of thioether (sulfide) groups is 1. The number of nitriles is 1. The summed E-state index contributed by atoms with van der Waals surface area (Å²) in [5.74, 6) is -0.615. The van der Waals surface area contributed by atoms with Crippen LogP contribution in [0.4, 0.5) is 5.69 Å². The largest absolute Gasteiger partial charge is 0.345 e. The number of nitrogens with zero attached hydrogens (tertiary/aromatic N) is 2. The first-order valence-corrected chi connectivity index (χ1v) is 13.4. The van der Waals surface area contributed by atoms with Crippen molar-refractivity contribution in [2.24, 2.45) is 0 Å². The Morgan fingerprint density at radius 2 is 1.70 bits per heavy atom. The Morgan fingerprint density at radius 3 is 2.32 bits per heavy atom. The van der Waals surface area contributed by atoms with E-state index in [-0.39, 0.29) is 17.5 Å². The van der Waals surface area contributed by atoms with Gasteiger partial charge in [-0.25, -0.2) is 0 Å². The summed E-state index contributed by atoms with van der Waals surface area (Å²) in [4.78, 5) is 28.6. The van der Waals surface area contributed by atoms with Gasteiger partial charge in [0.2, 0.25) is 5.91 Å². The van der Waals surface area contributed by atoms with E-state index in [4.69, 9.17) is 0 Å². The zero-order chi connectivity index (χ0) is 26.5. The Labute approximate surface area is 223 Å². The van der Waals surface area contributed by atoms with Crippen LogP contribution < -0.4 is 10.2 Å². The third-order valence-corrected chi connectivity index (χ3v) is 8.02. The van der Waals surface area contributed by atoms with Crippen molar-refractivity contribution in [1.29, 1.82) is 5.26 Å². The fourth-order valence-corrected chi connectivity index (χ4v) is 5.61. The van der Waals surface area contributed by atoms with Crippen molar-refractivity contribution in [3.63, 3.8) is 0 Å². The Kier molecular flexibility index (Phi) is 8.15. The number of carbonyl (C=O) groups excluding carboxylic acids is 2. The first kappa shape index (κ1) is 26.2. The molecular formula is C31H31N3O2S. The van der Waals surface area contributed by atoms with Crippen molar-refractivity contribution in [3.05, 3.63) is 111 Å². The molecule has 188 valence electrons. The van der Waals surface area contributed by atoms with Gasteiger partial charge in [-0.3, -0.25) is 14.5 Å². The molecule has 4 rings (SSSR count). The average molecular weight is 510 g/mol. The molecule has 37 heavy (non-hydrogen) atoms. The number of hydrogen-bond acceptors (Lipinski definition) is 4. The number of hydrogen-bond donors (Lipinski definition) is 1. The molecule has 1 aliphatic heterocycles. The van der Waals surface area contributed by atoms with Crippen LogP contribution in [0.5, 0.6) is 0 Å². The topological polar surface area (TPSA) is 73.2 Å². The number of amides is 2. The number of anilines is 1. The summed E-state index contributed by atoms with van der Waals surface area (Å²) in [7, 11) is 0. The molecule has 0 aromatic heterocycles. The molecule has 2 unspecified atom stereocenters. The SMILES string of the molecule is CCc1ccc(CC2S/C(=C(/C#N)C(=O)NC(C)c3ccccc3)N(c3ccc(C)c(C)c3)C2=O)cc1. The van der Waals surface area contributed by atoms with Gasteiger partial charge in [-0.15, -0.1) is 0 Å². The second-order valence-corrected chi connectivity index (χ2v) is 10.5. The van der Waals surface area contributed by atoms with Crippen LogP contribution in [-0.2, 0) is 22.4 Å². The highest BCUT2D eigenvalue weighted by molar-refractivity contribution is 8.05. The van der Waals surface area contributed by atoms with Gasteiger partial charge in [0.1, 0.15) is 16.7 Å². The molecule has 3 aromatic carbocycles. The second-order valence-electron chi connectivity index (χ2n) is 9.32. The molecule has 1 fully saturated rings. The summed E-state index contributed by atoms with van der Waals surface area (Å²) in [6.07, 6.45) is 1.46. The van der Waals surface area contributed by atoms with Crippen LogP contribution in [0.2, 0.25) is 0 Å². The van der Waals surface area contributed by atoms with Crippen molar-refractivity contribution in [1.82, 2.24) is 5.32 Å². The lowest BCUT2D eigenvalue weighted by molar-refractivity contribution is -0.117. The molecule has 1 heterocycles. The predicted octanol–water partition coefficient (Wildman–Crippen LogP) is 6.17. The molecule has 0 spiro atoms. The number of nitrogens with one attached hydrogen (secondary N) is 1. The van der Waals surface area contributed by atoms with Gasteiger partial charge in [-0.05, 0) is 73.6 Å². The molecular weight excluding hydrogens is 478 g/mol. The first-order chi connectivity index (χ1) is 17.8. The van der Waals surface area contributed by atoms with E-state index >= 15 is 0 Å². The van der Waals surface area contributed by atoms with Crippen LogP contribution in [0.1, 0.15) is 47.7 Å². The molecule has 0 saturated carbocycles. The lowest BCUT2D eigenvalue weighted by atomic mass is 10.0. The predicted molar refractivity (Wildman–Crippen MR) is 150 cm³/mol. The van der Waals surface area contributed by atoms with Crippen LogP contribution in [0.3, 0.4) is 0 Å². The maximum atomic E-state index is 13.8. The summed E-state index contributed by atoms with van der Waals surface area (Å²) in [5.41, 5.74) is 5.98. The van der Waals surface area contributed by atoms with Gasteiger partial charge < -0.3 is 5.32 Å². The quantitative estimate of drug-likeness (QED) is 0.305. The van der Waals surface area contributed by atoms with E-state index in [1.165, 1.54) is 17.3 Å². The minimum Gasteiger partial charge on any atom is -0.345 e. The summed E-state index contributed by atoms with van der Waals surface area (Å²) in [6, 6.07) is 25.4. The minimum absolute atomic E-state index is 0.0526. The van der Waals surface area contributed by atoms with E-state index in [0.717, 1.165) is 28.7 Å². The normalized spacial score (nSPS) is 17.3. The molecule has 2 atom stereocenters. The van der Waals surface area contributed by atoms with Crippen molar-refractivity contribution < 1.29 is 9.59 Å².